The fourth-order valence-corrected chi connectivity index (χ4v) is 2.59. The summed E-state index contributed by atoms with van der Waals surface area (Å²) in [6, 6.07) is 8.32. The quantitative estimate of drug-likeness (QED) is 0.755. The lowest BCUT2D eigenvalue weighted by molar-refractivity contribution is -0.144. The topological polar surface area (TPSA) is 81.3 Å². The number of hydrogen-bond acceptors (Lipinski definition) is 4. The van der Waals surface area contributed by atoms with Gasteiger partial charge in [0.1, 0.15) is 6.54 Å². The van der Waals surface area contributed by atoms with Crippen LogP contribution < -0.4 is 10.9 Å². The van der Waals surface area contributed by atoms with Crippen LogP contribution in [-0.2, 0) is 23.9 Å². The molecule has 0 bridgehead atoms. The average molecular weight is 379 g/mol. The summed E-state index contributed by atoms with van der Waals surface area (Å²) in [5.41, 5.74) is 1.21. The fourth-order valence-electron chi connectivity index (χ4n) is 2.59. The van der Waals surface area contributed by atoms with Gasteiger partial charge in [0.05, 0.1) is 0 Å². The lowest BCUT2D eigenvalue weighted by atomic mass is 10.1. The molecule has 27 heavy (non-hydrogen) atoms. The highest BCUT2D eigenvalue weighted by molar-refractivity contribution is 5.90. The number of carbonyl (C=O) groups excluding carboxylic acids is 1. The minimum absolute atomic E-state index is 0.296. The minimum atomic E-state index is -4.80. The van der Waals surface area contributed by atoms with E-state index in [9.17, 15) is 22.8 Å². The highest BCUT2D eigenvalue weighted by Crippen LogP contribution is 2.26. The van der Waals surface area contributed by atoms with Crippen LogP contribution in [0.3, 0.4) is 0 Å². The molecule has 0 atom stereocenters. The molecule has 1 amide bonds. The molecule has 0 unspecified atom stereocenters. The van der Waals surface area contributed by atoms with Crippen molar-refractivity contribution in [1.82, 2.24) is 19.2 Å². The van der Waals surface area contributed by atoms with Gasteiger partial charge in [0, 0.05) is 17.4 Å². The maximum Gasteiger partial charge on any atom is 0.453 e. The van der Waals surface area contributed by atoms with Crippen molar-refractivity contribution in [1.29, 1.82) is 0 Å². The minimum Gasteiger partial charge on any atom is -0.325 e. The third kappa shape index (κ3) is 3.83. The van der Waals surface area contributed by atoms with Gasteiger partial charge in [0.2, 0.25) is 11.7 Å². The van der Waals surface area contributed by atoms with Crippen LogP contribution in [0.5, 0.6) is 0 Å². The van der Waals surface area contributed by atoms with Crippen molar-refractivity contribution in [3.8, 4) is 0 Å². The fraction of sp³-hybridized carbons (Fsp3) is 0.294. The molecule has 3 rings (SSSR count). The number of nitrogens with zero attached hydrogens (tertiary/aromatic N) is 4. The summed E-state index contributed by atoms with van der Waals surface area (Å²) in [6.07, 6.45) is -3.94. The van der Waals surface area contributed by atoms with E-state index in [1.54, 1.807) is 12.1 Å². The number of halogens is 3. The molecule has 7 nitrogen and oxygen atoms in total. The molecule has 1 N–H and O–H groups in total. The summed E-state index contributed by atoms with van der Waals surface area (Å²) in [5, 5.41) is 5.88. The molecule has 10 heteroatoms. The first-order chi connectivity index (χ1) is 12.7. The van der Waals surface area contributed by atoms with Crippen LogP contribution in [0, 0.1) is 6.92 Å². The van der Waals surface area contributed by atoms with Crippen LogP contribution in [0.2, 0.25) is 0 Å². The maximum atomic E-state index is 12.9. The molecule has 0 radical (unpaired) electrons. The maximum absolute atomic E-state index is 12.9. The predicted octanol–water partition coefficient (Wildman–Crippen LogP) is 2.42. The van der Waals surface area contributed by atoms with E-state index in [0.29, 0.717) is 15.9 Å². The Morgan fingerprint density at radius 2 is 1.89 bits per heavy atom. The molecule has 0 fully saturated rings. The number of rotatable bonds is 4. The lowest BCUT2D eigenvalue weighted by Crippen LogP contribution is -2.25. The van der Waals surface area contributed by atoms with Crippen molar-refractivity contribution in [3.63, 3.8) is 0 Å². The van der Waals surface area contributed by atoms with Gasteiger partial charge in [0.15, 0.2) is 0 Å². The normalized spacial score (nSPS) is 11.7. The van der Waals surface area contributed by atoms with Crippen LogP contribution in [0.15, 0.2) is 35.1 Å². The van der Waals surface area contributed by atoms with E-state index < -0.39 is 23.5 Å². The Balaban J connectivity index is 1.92. The number of aromatic nitrogens is 4. The van der Waals surface area contributed by atoms with Crippen LogP contribution in [0.1, 0.15) is 24.0 Å². The van der Waals surface area contributed by atoms with Gasteiger partial charge in [-0.1, -0.05) is 19.1 Å². The van der Waals surface area contributed by atoms with E-state index in [2.05, 4.69) is 15.4 Å². The van der Waals surface area contributed by atoms with Crippen molar-refractivity contribution >= 4 is 17.4 Å². The van der Waals surface area contributed by atoms with Crippen LogP contribution in [0.25, 0.3) is 5.78 Å². The van der Waals surface area contributed by atoms with Crippen LogP contribution >= 0.6 is 0 Å². The van der Waals surface area contributed by atoms with Crippen molar-refractivity contribution in [2.75, 3.05) is 5.32 Å². The van der Waals surface area contributed by atoms with E-state index in [4.69, 9.17) is 0 Å². The summed E-state index contributed by atoms with van der Waals surface area (Å²) in [6.45, 7) is 3.19. The SMILES string of the molecule is CCc1ccc(NC(=O)Cn2c(C)cc(=O)n3nc(C(F)(F)F)nc23)cc1. The first kappa shape index (κ1) is 18.6. The Hall–Kier alpha value is -3.17. The number of anilines is 1. The van der Waals surface area contributed by atoms with Crippen molar-refractivity contribution in [3.05, 3.63) is 57.8 Å². The largest absolute Gasteiger partial charge is 0.453 e. The number of carbonyl (C=O) groups is 1. The second-order valence-corrected chi connectivity index (χ2v) is 5.95. The van der Waals surface area contributed by atoms with E-state index in [0.717, 1.165) is 18.1 Å². The van der Waals surface area contributed by atoms with Gasteiger partial charge in [-0.15, -0.1) is 5.10 Å². The molecule has 142 valence electrons. The first-order valence-corrected chi connectivity index (χ1v) is 8.12. The third-order valence-corrected chi connectivity index (χ3v) is 4.00. The van der Waals surface area contributed by atoms with Gasteiger partial charge in [0.25, 0.3) is 11.4 Å². The van der Waals surface area contributed by atoms with Gasteiger partial charge in [-0.05, 0) is 31.0 Å². The molecular weight excluding hydrogens is 363 g/mol. The summed E-state index contributed by atoms with van der Waals surface area (Å²) >= 11 is 0. The number of hydrogen-bond donors (Lipinski definition) is 1. The second-order valence-electron chi connectivity index (χ2n) is 5.95. The lowest BCUT2D eigenvalue weighted by Gasteiger charge is -2.12. The van der Waals surface area contributed by atoms with E-state index in [-0.39, 0.29) is 12.3 Å². The summed E-state index contributed by atoms with van der Waals surface area (Å²) < 4.78 is 40.4. The molecule has 0 saturated carbocycles. The molecule has 0 saturated heterocycles. The first-order valence-electron chi connectivity index (χ1n) is 8.12. The molecule has 0 aliphatic rings. The van der Waals surface area contributed by atoms with E-state index in [1.165, 1.54) is 11.5 Å². The second kappa shape index (κ2) is 6.86. The monoisotopic (exact) mass is 379 g/mol. The Labute approximate surface area is 151 Å². The number of fused-ring (bicyclic) bond motifs is 1. The zero-order valence-electron chi connectivity index (χ0n) is 14.5. The molecule has 2 aromatic heterocycles. The zero-order valence-corrected chi connectivity index (χ0v) is 14.5. The molecule has 2 heterocycles. The molecule has 3 aromatic rings. The Bertz CT molecular complexity index is 1050. The Kier molecular flexibility index (Phi) is 4.73. The smallest absolute Gasteiger partial charge is 0.325 e. The summed E-state index contributed by atoms with van der Waals surface area (Å²) in [5.74, 6) is -2.25. The Morgan fingerprint density at radius 1 is 1.22 bits per heavy atom. The van der Waals surface area contributed by atoms with E-state index >= 15 is 0 Å². The number of amides is 1. The van der Waals surface area contributed by atoms with Gasteiger partial charge < -0.3 is 9.88 Å². The Morgan fingerprint density at radius 3 is 2.48 bits per heavy atom. The van der Waals surface area contributed by atoms with Gasteiger partial charge >= 0.3 is 6.18 Å². The number of aryl methyl sites for hydroxylation is 2. The van der Waals surface area contributed by atoms with E-state index in [1.807, 2.05) is 19.1 Å². The molecule has 0 spiro atoms. The van der Waals surface area contributed by atoms with Crippen molar-refractivity contribution in [2.24, 2.45) is 0 Å². The molecular formula is C17H16F3N5O2. The highest BCUT2D eigenvalue weighted by atomic mass is 19.4. The summed E-state index contributed by atoms with van der Waals surface area (Å²) in [4.78, 5) is 27.6. The molecule has 0 aliphatic carbocycles. The molecule has 0 aliphatic heterocycles. The van der Waals surface area contributed by atoms with Gasteiger partial charge in [-0.2, -0.15) is 22.7 Å². The van der Waals surface area contributed by atoms with Crippen molar-refractivity contribution < 1.29 is 18.0 Å². The third-order valence-electron chi connectivity index (χ3n) is 4.00. The predicted molar refractivity (Wildman–Crippen MR) is 91.4 cm³/mol. The van der Waals surface area contributed by atoms with Gasteiger partial charge in [-0.25, -0.2) is 0 Å². The average Bonchev–Trinajstić information content (AvgIpc) is 3.05. The highest BCUT2D eigenvalue weighted by Gasteiger charge is 2.37. The summed E-state index contributed by atoms with van der Waals surface area (Å²) in [7, 11) is 0. The zero-order chi connectivity index (χ0) is 19.8. The van der Waals surface area contributed by atoms with Crippen LogP contribution in [0.4, 0.5) is 18.9 Å². The van der Waals surface area contributed by atoms with Gasteiger partial charge in [-0.3, -0.25) is 9.59 Å². The number of alkyl halides is 3. The number of nitrogens with one attached hydrogen (secondary N) is 1. The number of benzene rings is 1. The standard InChI is InChI=1S/C17H16F3N5O2/c1-3-11-4-6-12(7-5-11)21-13(26)9-24-10(2)8-14(27)25-16(24)22-15(23-25)17(18,19)20/h4-8H,3,9H2,1-2H3,(H,21,26). The van der Waals surface area contributed by atoms with Crippen LogP contribution in [-0.4, -0.2) is 25.1 Å². The van der Waals surface area contributed by atoms with Crippen molar-refractivity contribution in [2.45, 2.75) is 33.0 Å². The molecule has 1 aromatic carbocycles.